The number of alkyl carbamates (subject to hydrolysis) is 1. The number of H-pyrrole nitrogens is 2. The largest absolute Gasteiger partial charge is 0.446 e. The maximum atomic E-state index is 14.8. The Balaban J connectivity index is 1.48. The van der Waals surface area contributed by atoms with Crippen LogP contribution >= 0.6 is 0 Å². The molecule has 1 aromatic carbocycles. The Labute approximate surface area is 204 Å². The summed E-state index contributed by atoms with van der Waals surface area (Å²) >= 11 is 0. The van der Waals surface area contributed by atoms with Crippen molar-refractivity contribution in [3.63, 3.8) is 0 Å². The lowest BCUT2D eigenvalue weighted by Gasteiger charge is -2.25. The summed E-state index contributed by atoms with van der Waals surface area (Å²) in [5, 5.41) is 7.33. The molecular weight excluding hydrogens is 465 g/mol. The zero-order chi connectivity index (χ0) is 25.0. The van der Waals surface area contributed by atoms with Crippen molar-refractivity contribution in [3.05, 3.63) is 58.7 Å². The number of hydrogen-bond acceptors (Lipinski definition) is 5. The Morgan fingerprint density at radius 1 is 1.28 bits per heavy atom. The SMILES string of the molecule is Cn1cc(-c2[nH]c3ncc4c([nH]c(=O)n4C)c3c2-c2cccc(CNC(=O)OC3CCC3)c2)c(F)n1. The van der Waals surface area contributed by atoms with Crippen molar-refractivity contribution in [2.45, 2.75) is 31.9 Å². The fraction of sp³-hybridized carbons (Fsp3) is 0.280. The number of halogens is 1. The highest BCUT2D eigenvalue weighted by Crippen LogP contribution is 2.41. The predicted octanol–water partition coefficient (Wildman–Crippen LogP) is 3.73. The second-order valence-corrected chi connectivity index (χ2v) is 9.13. The summed E-state index contributed by atoms with van der Waals surface area (Å²) in [6, 6.07) is 7.58. The van der Waals surface area contributed by atoms with Gasteiger partial charge in [0.2, 0.25) is 5.95 Å². The van der Waals surface area contributed by atoms with Crippen molar-refractivity contribution in [2.75, 3.05) is 0 Å². The van der Waals surface area contributed by atoms with Gasteiger partial charge in [-0.15, -0.1) is 5.10 Å². The minimum atomic E-state index is -0.625. The van der Waals surface area contributed by atoms with Gasteiger partial charge in [-0.1, -0.05) is 18.2 Å². The van der Waals surface area contributed by atoms with Crippen LogP contribution in [0.2, 0.25) is 0 Å². The Hall–Kier alpha value is -4.41. The lowest BCUT2D eigenvalue weighted by Crippen LogP contribution is -2.32. The average Bonchev–Trinajstić information content (AvgIpc) is 3.47. The maximum absolute atomic E-state index is 14.8. The summed E-state index contributed by atoms with van der Waals surface area (Å²) in [7, 11) is 3.31. The third kappa shape index (κ3) is 3.63. The molecule has 0 unspecified atom stereocenters. The molecule has 1 saturated carbocycles. The Morgan fingerprint density at radius 2 is 2.11 bits per heavy atom. The van der Waals surface area contributed by atoms with Gasteiger partial charge in [-0.05, 0) is 36.5 Å². The van der Waals surface area contributed by atoms with Crippen molar-refractivity contribution >= 4 is 28.2 Å². The van der Waals surface area contributed by atoms with Crippen LogP contribution in [0.1, 0.15) is 24.8 Å². The molecule has 0 aliphatic heterocycles. The molecule has 10 nitrogen and oxygen atoms in total. The summed E-state index contributed by atoms with van der Waals surface area (Å²) in [6.45, 7) is 0.272. The van der Waals surface area contributed by atoms with Crippen molar-refractivity contribution in [2.24, 2.45) is 14.1 Å². The molecule has 0 saturated heterocycles. The molecule has 4 heterocycles. The van der Waals surface area contributed by atoms with Crippen LogP contribution in [0.3, 0.4) is 0 Å². The summed E-state index contributed by atoms with van der Waals surface area (Å²) in [6.07, 6.45) is 5.65. The van der Waals surface area contributed by atoms with E-state index in [0.717, 1.165) is 30.4 Å². The van der Waals surface area contributed by atoms with E-state index >= 15 is 0 Å². The molecule has 1 amide bonds. The van der Waals surface area contributed by atoms with Gasteiger partial charge in [0, 0.05) is 32.4 Å². The summed E-state index contributed by atoms with van der Waals surface area (Å²) in [5.41, 5.74) is 4.52. The molecule has 5 aromatic rings. The van der Waals surface area contributed by atoms with Crippen LogP contribution < -0.4 is 11.0 Å². The van der Waals surface area contributed by atoms with E-state index in [4.69, 9.17) is 4.74 Å². The molecule has 11 heteroatoms. The number of imidazole rings is 1. The van der Waals surface area contributed by atoms with E-state index < -0.39 is 12.0 Å². The normalized spacial score (nSPS) is 13.9. The lowest BCUT2D eigenvalue weighted by molar-refractivity contribution is 0.0522. The van der Waals surface area contributed by atoms with E-state index in [2.05, 4.69) is 25.4 Å². The third-order valence-electron chi connectivity index (χ3n) is 6.73. The van der Waals surface area contributed by atoms with Gasteiger partial charge in [0.25, 0.3) is 0 Å². The van der Waals surface area contributed by atoms with Crippen LogP contribution in [-0.2, 0) is 25.4 Å². The second kappa shape index (κ2) is 8.36. The topological polar surface area (TPSA) is 123 Å². The summed E-state index contributed by atoms with van der Waals surface area (Å²) in [5.74, 6) is -0.625. The summed E-state index contributed by atoms with van der Waals surface area (Å²) in [4.78, 5) is 35.2. The van der Waals surface area contributed by atoms with Gasteiger partial charge in [-0.3, -0.25) is 9.25 Å². The first-order valence-corrected chi connectivity index (χ1v) is 11.7. The number of aromatic amines is 2. The second-order valence-electron chi connectivity index (χ2n) is 9.13. The maximum Gasteiger partial charge on any atom is 0.407 e. The smallest absolute Gasteiger partial charge is 0.407 e. The first-order valence-electron chi connectivity index (χ1n) is 11.7. The lowest BCUT2D eigenvalue weighted by atomic mass is 9.96. The van der Waals surface area contributed by atoms with Crippen LogP contribution in [0.15, 0.2) is 41.5 Å². The number of amides is 1. The number of carbonyl (C=O) groups excluding carboxylic acids is 1. The summed E-state index contributed by atoms with van der Waals surface area (Å²) < 4.78 is 23.1. The molecule has 0 radical (unpaired) electrons. The van der Waals surface area contributed by atoms with Crippen molar-refractivity contribution < 1.29 is 13.9 Å². The number of benzene rings is 1. The number of nitrogens with zero attached hydrogens (tertiary/aromatic N) is 4. The minimum absolute atomic E-state index is 0.00225. The number of rotatable bonds is 5. The fourth-order valence-corrected chi connectivity index (χ4v) is 4.64. The van der Waals surface area contributed by atoms with E-state index in [1.807, 2.05) is 24.3 Å². The number of ether oxygens (including phenoxy) is 1. The highest BCUT2D eigenvalue weighted by molar-refractivity contribution is 6.13. The van der Waals surface area contributed by atoms with Gasteiger partial charge in [-0.2, -0.15) is 4.39 Å². The van der Waals surface area contributed by atoms with E-state index in [9.17, 15) is 14.0 Å². The van der Waals surface area contributed by atoms with Crippen LogP contribution in [0.25, 0.3) is 44.5 Å². The van der Waals surface area contributed by atoms with Gasteiger partial charge in [0.15, 0.2) is 0 Å². The zero-order valence-corrected chi connectivity index (χ0v) is 19.8. The van der Waals surface area contributed by atoms with Crippen LogP contribution in [0, 0.1) is 5.95 Å². The fourth-order valence-electron chi connectivity index (χ4n) is 4.64. The standard InChI is InChI=1S/C25H24FN7O3/c1-32-12-16(22(26)31-32)20-18(19-21-17(11-27-23(19)29-20)33(2)24(34)30-21)14-6-3-5-13(9-14)10-28-25(35)36-15-7-4-8-15/h3,5-6,9,11-12,15H,4,7-8,10H2,1-2H3,(H,27,29)(H,28,35)(H,30,34). The number of hydrogen-bond donors (Lipinski definition) is 3. The van der Waals surface area contributed by atoms with Gasteiger partial charge >= 0.3 is 11.8 Å². The number of fused-ring (bicyclic) bond motifs is 3. The number of carbonyl (C=O) groups is 1. The highest BCUT2D eigenvalue weighted by Gasteiger charge is 2.24. The first kappa shape index (κ1) is 22.1. The van der Waals surface area contributed by atoms with Crippen molar-refractivity contribution in [1.29, 1.82) is 0 Å². The monoisotopic (exact) mass is 489 g/mol. The molecule has 3 N–H and O–H groups in total. The van der Waals surface area contributed by atoms with Crippen LogP contribution in [-0.4, -0.2) is 41.5 Å². The van der Waals surface area contributed by atoms with E-state index in [-0.39, 0.29) is 23.9 Å². The quantitative estimate of drug-likeness (QED) is 0.347. The molecular formula is C25H24FN7O3. The van der Waals surface area contributed by atoms with Crippen LogP contribution in [0.5, 0.6) is 0 Å². The van der Waals surface area contributed by atoms with Gasteiger partial charge in [-0.25, -0.2) is 14.6 Å². The van der Waals surface area contributed by atoms with E-state index in [1.165, 1.54) is 9.25 Å². The zero-order valence-electron chi connectivity index (χ0n) is 19.8. The molecule has 1 fully saturated rings. The molecule has 6 rings (SSSR count). The minimum Gasteiger partial charge on any atom is -0.446 e. The number of nitrogens with one attached hydrogen (secondary N) is 3. The molecule has 0 atom stereocenters. The Morgan fingerprint density at radius 3 is 2.83 bits per heavy atom. The van der Waals surface area contributed by atoms with E-state index in [0.29, 0.717) is 33.3 Å². The van der Waals surface area contributed by atoms with Crippen molar-refractivity contribution in [3.8, 4) is 22.4 Å². The molecule has 184 valence electrons. The van der Waals surface area contributed by atoms with Gasteiger partial charge < -0.3 is 20.0 Å². The molecule has 4 aromatic heterocycles. The van der Waals surface area contributed by atoms with Crippen LogP contribution in [0.4, 0.5) is 9.18 Å². The Bertz CT molecular complexity index is 1690. The van der Waals surface area contributed by atoms with Crippen molar-refractivity contribution in [1.82, 2.24) is 34.6 Å². The van der Waals surface area contributed by atoms with Gasteiger partial charge in [0.05, 0.1) is 33.9 Å². The first-order chi connectivity index (χ1) is 17.4. The average molecular weight is 490 g/mol. The van der Waals surface area contributed by atoms with E-state index in [1.54, 1.807) is 26.5 Å². The molecule has 0 spiro atoms. The molecule has 1 aliphatic carbocycles. The third-order valence-corrected chi connectivity index (χ3v) is 6.73. The number of aromatic nitrogens is 6. The highest BCUT2D eigenvalue weighted by atomic mass is 19.1. The number of pyridine rings is 1. The predicted molar refractivity (Wildman–Crippen MR) is 132 cm³/mol. The number of aryl methyl sites for hydroxylation is 2. The Kier molecular flexibility index (Phi) is 5.13. The van der Waals surface area contributed by atoms with Gasteiger partial charge in [0.1, 0.15) is 11.8 Å². The molecule has 36 heavy (non-hydrogen) atoms. The molecule has 1 aliphatic rings. The molecule has 0 bridgehead atoms.